The molecule has 1 N–H and O–H groups in total. The van der Waals surface area contributed by atoms with Crippen LogP contribution in [0.15, 0.2) is 59.8 Å². The van der Waals surface area contributed by atoms with Crippen LogP contribution < -0.4 is 5.32 Å². The van der Waals surface area contributed by atoms with Crippen LogP contribution in [0, 0.1) is 5.82 Å². The lowest BCUT2D eigenvalue weighted by molar-refractivity contribution is -0.139. The first-order valence-electron chi connectivity index (χ1n) is 12.8. The minimum absolute atomic E-state index is 0.0707. The average Bonchev–Trinajstić information content (AvgIpc) is 2.89. The minimum atomic E-state index is -0.847. The predicted molar refractivity (Wildman–Crippen MR) is 142 cm³/mol. The second-order valence-corrected chi connectivity index (χ2v) is 9.79. The highest BCUT2D eigenvalue weighted by molar-refractivity contribution is 6.30. The van der Waals surface area contributed by atoms with Gasteiger partial charge in [-0.3, -0.25) is 14.6 Å². The molecule has 2 aliphatic rings. The zero-order valence-electron chi connectivity index (χ0n) is 21.7. The largest absolute Gasteiger partial charge is 0.463 e. The van der Waals surface area contributed by atoms with Crippen molar-refractivity contribution in [1.82, 2.24) is 20.0 Å². The van der Waals surface area contributed by atoms with Crippen molar-refractivity contribution in [2.45, 2.75) is 32.9 Å². The molecular weight excluding hydrogens is 511 g/mol. The van der Waals surface area contributed by atoms with Crippen LogP contribution in [0.1, 0.15) is 42.7 Å². The zero-order valence-corrected chi connectivity index (χ0v) is 22.5. The molecule has 2 heterocycles. The molecule has 38 heavy (non-hydrogen) atoms. The minimum Gasteiger partial charge on any atom is -0.463 e. The smallest absolute Gasteiger partial charge is 0.338 e. The summed E-state index contributed by atoms with van der Waals surface area (Å²) in [6.45, 7) is 7.89. The van der Waals surface area contributed by atoms with Crippen molar-refractivity contribution in [2.75, 3.05) is 39.3 Å². The van der Waals surface area contributed by atoms with Gasteiger partial charge in [-0.05, 0) is 62.7 Å². The van der Waals surface area contributed by atoms with Crippen molar-refractivity contribution in [3.8, 4) is 0 Å². The normalized spacial score (nSPS) is 20.4. The Bertz CT molecular complexity index is 1240. The predicted octanol–water partition coefficient (Wildman–Crippen LogP) is 4.23. The van der Waals surface area contributed by atoms with Crippen molar-refractivity contribution < 1.29 is 23.5 Å². The summed E-state index contributed by atoms with van der Waals surface area (Å²) in [4.78, 5) is 44.9. The Hall–Kier alpha value is -3.43. The number of rotatable bonds is 7. The first kappa shape index (κ1) is 27.6. The number of likely N-dealkylation sites (N-methyl/N-ethyl adjacent to an activating group) is 1. The van der Waals surface area contributed by atoms with Crippen LogP contribution in [0.2, 0.25) is 5.02 Å². The summed E-state index contributed by atoms with van der Waals surface area (Å²) in [5.74, 6) is -1.09. The standard InChI is InChI=1S/C28H32ClFN4O4/c1-4-33-23(17-32-13-14-34(18(3)16-32)26(35)19-9-11-21(29)12-10-19)24(27(36)38-5-2)25(31-28(33)37)20-7-6-8-22(30)15-20/h6-12,15,18,25H,4-5,13-14,16-17H2,1-3H3,(H,31,37)/t18-,25-/m1/s1. The van der Waals surface area contributed by atoms with Gasteiger partial charge in [0.15, 0.2) is 0 Å². The summed E-state index contributed by atoms with van der Waals surface area (Å²) >= 11 is 5.97. The van der Waals surface area contributed by atoms with E-state index in [0.29, 0.717) is 54.6 Å². The van der Waals surface area contributed by atoms with Gasteiger partial charge in [-0.25, -0.2) is 14.0 Å². The molecule has 2 aromatic carbocycles. The first-order valence-corrected chi connectivity index (χ1v) is 13.1. The van der Waals surface area contributed by atoms with Crippen molar-refractivity contribution in [3.63, 3.8) is 0 Å². The number of nitrogens with zero attached hydrogens (tertiary/aromatic N) is 3. The number of carbonyl (C=O) groups excluding carboxylic acids is 3. The number of nitrogens with one attached hydrogen (secondary N) is 1. The van der Waals surface area contributed by atoms with E-state index in [9.17, 15) is 18.8 Å². The van der Waals surface area contributed by atoms with E-state index < -0.39 is 17.8 Å². The number of halogens is 2. The number of piperazine rings is 1. The molecule has 0 spiro atoms. The molecule has 0 aromatic heterocycles. The molecule has 2 atom stereocenters. The lowest BCUT2D eigenvalue weighted by Crippen LogP contribution is -2.56. The number of hydrogen-bond acceptors (Lipinski definition) is 5. The molecule has 0 saturated carbocycles. The van der Waals surface area contributed by atoms with Crippen LogP contribution in [-0.2, 0) is 9.53 Å². The Labute approximate surface area is 227 Å². The third-order valence-corrected chi connectivity index (χ3v) is 7.12. The third kappa shape index (κ3) is 5.84. The number of hydrogen-bond donors (Lipinski definition) is 1. The van der Waals surface area contributed by atoms with E-state index >= 15 is 0 Å². The van der Waals surface area contributed by atoms with Gasteiger partial charge in [0.1, 0.15) is 5.82 Å². The van der Waals surface area contributed by atoms with Crippen LogP contribution in [0.25, 0.3) is 0 Å². The fourth-order valence-corrected chi connectivity index (χ4v) is 5.17. The van der Waals surface area contributed by atoms with E-state index in [0.717, 1.165) is 0 Å². The first-order chi connectivity index (χ1) is 18.2. The molecule has 0 aliphatic carbocycles. The third-order valence-electron chi connectivity index (χ3n) is 6.87. The second kappa shape index (κ2) is 12.0. The fourth-order valence-electron chi connectivity index (χ4n) is 5.04. The summed E-state index contributed by atoms with van der Waals surface area (Å²) in [5.41, 5.74) is 1.84. The van der Waals surface area contributed by atoms with Crippen molar-refractivity contribution >= 4 is 29.5 Å². The topological polar surface area (TPSA) is 82.2 Å². The summed E-state index contributed by atoms with van der Waals surface area (Å²) in [5, 5.41) is 3.42. The van der Waals surface area contributed by atoms with Gasteiger partial charge in [0, 0.05) is 55.0 Å². The molecular formula is C28H32ClFN4O4. The SMILES string of the molecule is CCOC(=O)C1=C(CN2CCN(C(=O)c3ccc(Cl)cc3)[C@H](C)C2)N(CC)C(=O)N[C@@H]1c1cccc(F)c1. The molecule has 2 aromatic rings. The molecule has 0 bridgehead atoms. The molecule has 3 amide bonds. The van der Waals surface area contributed by atoms with Gasteiger partial charge >= 0.3 is 12.0 Å². The Morgan fingerprint density at radius 1 is 1.13 bits per heavy atom. The number of urea groups is 1. The van der Waals surface area contributed by atoms with Gasteiger partial charge in [0.2, 0.25) is 0 Å². The van der Waals surface area contributed by atoms with Crippen LogP contribution in [0.4, 0.5) is 9.18 Å². The van der Waals surface area contributed by atoms with Gasteiger partial charge in [0.25, 0.3) is 5.91 Å². The van der Waals surface area contributed by atoms with Crippen LogP contribution >= 0.6 is 11.6 Å². The molecule has 1 saturated heterocycles. The highest BCUT2D eigenvalue weighted by Gasteiger charge is 2.39. The highest BCUT2D eigenvalue weighted by Crippen LogP contribution is 2.32. The number of esters is 1. The Balaban J connectivity index is 1.62. The maximum Gasteiger partial charge on any atom is 0.338 e. The molecule has 4 rings (SSSR count). The maximum absolute atomic E-state index is 14.1. The van der Waals surface area contributed by atoms with E-state index in [1.54, 1.807) is 43.3 Å². The van der Waals surface area contributed by atoms with Crippen molar-refractivity contribution in [3.05, 3.63) is 81.8 Å². The van der Waals surface area contributed by atoms with Gasteiger partial charge in [-0.2, -0.15) is 0 Å². The number of ether oxygens (including phenoxy) is 1. The monoisotopic (exact) mass is 542 g/mol. The van der Waals surface area contributed by atoms with E-state index in [1.807, 2.05) is 18.7 Å². The molecule has 0 unspecified atom stereocenters. The fraction of sp³-hybridized carbons (Fsp3) is 0.393. The molecule has 10 heteroatoms. The Morgan fingerprint density at radius 3 is 2.50 bits per heavy atom. The number of carbonyl (C=O) groups is 3. The van der Waals surface area contributed by atoms with Gasteiger partial charge in [-0.1, -0.05) is 23.7 Å². The summed E-state index contributed by atoms with van der Waals surface area (Å²) in [7, 11) is 0. The summed E-state index contributed by atoms with van der Waals surface area (Å²) in [6, 6.07) is 11.3. The second-order valence-electron chi connectivity index (χ2n) is 9.35. The maximum atomic E-state index is 14.1. The van der Waals surface area contributed by atoms with Gasteiger partial charge in [-0.15, -0.1) is 0 Å². The lowest BCUT2D eigenvalue weighted by Gasteiger charge is -2.43. The number of benzene rings is 2. The average molecular weight is 543 g/mol. The quantitative estimate of drug-likeness (QED) is 0.530. The van der Waals surface area contributed by atoms with E-state index in [1.165, 1.54) is 17.0 Å². The summed E-state index contributed by atoms with van der Waals surface area (Å²) in [6.07, 6.45) is 0. The van der Waals surface area contributed by atoms with E-state index in [4.69, 9.17) is 16.3 Å². The molecule has 2 aliphatic heterocycles. The Morgan fingerprint density at radius 2 is 1.87 bits per heavy atom. The highest BCUT2D eigenvalue weighted by atomic mass is 35.5. The van der Waals surface area contributed by atoms with E-state index in [-0.39, 0.29) is 30.2 Å². The molecule has 202 valence electrons. The van der Waals surface area contributed by atoms with Crippen LogP contribution in [0.3, 0.4) is 0 Å². The van der Waals surface area contributed by atoms with Gasteiger partial charge in [0.05, 0.1) is 18.2 Å². The zero-order chi connectivity index (χ0) is 27.4. The lowest BCUT2D eigenvalue weighted by atomic mass is 9.94. The van der Waals surface area contributed by atoms with Crippen molar-refractivity contribution in [2.24, 2.45) is 0 Å². The molecule has 0 radical (unpaired) electrons. The van der Waals surface area contributed by atoms with Crippen LogP contribution in [-0.4, -0.2) is 78.0 Å². The number of amides is 3. The van der Waals surface area contributed by atoms with E-state index in [2.05, 4.69) is 10.2 Å². The Kier molecular flexibility index (Phi) is 8.69. The summed E-state index contributed by atoms with van der Waals surface area (Å²) < 4.78 is 19.5. The molecule has 1 fully saturated rings. The van der Waals surface area contributed by atoms with Crippen LogP contribution in [0.5, 0.6) is 0 Å². The van der Waals surface area contributed by atoms with Gasteiger partial charge < -0.3 is 15.0 Å². The molecule has 8 nitrogen and oxygen atoms in total. The van der Waals surface area contributed by atoms with Crippen molar-refractivity contribution in [1.29, 1.82) is 0 Å².